The molecule has 5 nitrogen and oxygen atoms in total. The van der Waals surface area contributed by atoms with Crippen molar-refractivity contribution in [3.05, 3.63) is 57.5 Å². The van der Waals surface area contributed by atoms with Crippen molar-refractivity contribution in [2.24, 2.45) is 0 Å². The molecule has 7 heteroatoms. The van der Waals surface area contributed by atoms with Crippen LogP contribution in [0.25, 0.3) is 22.3 Å². The van der Waals surface area contributed by atoms with Gasteiger partial charge in [0.25, 0.3) is 5.91 Å². The van der Waals surface area contributed by atoms with Crippen molar-refractivity contribution in [1.29, 1.82) is 0 Å². The van der Waals surface area contributed by atoms with Gasteiger partial charge in [-0.15, -0.1) is 0 Å². The summed E-state index contributed by atoms with van der Waals surface area (Å²) >= 11 is 9.54. The number of rotatable bonds is 4. The molecule has 0 spiro atoms. The molecule has 2 N–H and O–H groups in total. The topological polar surface area (TPSA) is 79.5 Å². The third-order valence-electron chi connectivity index (χ3n) is 5.48. The maximum Gasteiger partial charge on any atom is 0.329 e. The molecule has 0 unspecified atom stereocenters. The Labute approximate surface area is 181 Å². The summed E-state index contributed by atoms with van der Waals surface area (Å²) in [6.07, 6.45) is 3.41. The number of nitrogens with one attached hydrogen (secondary N) is 1. The molecule has 1 aliphatic rings. The molecule has 4 rings (SSSR count). The Hall–Kier alpha value is -2.31. The summed E-state index contributed by atoms with van der Waals surface area (Å²) in [6, 6.07) is 12.5. The van der Waals surface area contributed by atoms with Crippen molar-refractivity contribution in [3.8, 4) is 11.3 Å². The highest BCUT2D eigenvalue weighted by Gasteiger charge is 2.41. The molecule has 0 saturated heterocycles. The zero-order valence-corrected chi connectivity index (χ0v) is 17.8. The number of carboxylic acids is 1. The van der Waals surface area contributed by atoms with Gasteiger partial charge < -0.3 is 14.8 Å². The molecule has 150 valence electrons. The van der Waals surface area contributed by atoms with Crippen LogP contribution in [0.15, 0.2) is 51.4 Å². The van der Waals surface area contributed by atoms with Gasteiger partial charge in [-0.25, -0.2) is 4.79 Å². The van der Waals surface area contributed by atoms with E-state index >= 15 is 0 Å². The quantitative estimate of drug-likeness (QED) is 0.481. The first-order valence-corrected chi connectivity index (χ1v) is 10.6. The molecule has 1 aromatic heterocycles. The minimum absolute atomic E-state index is 0.314. The Morgan fingerprint density at radius 3 is 2.41 bits per heavy atom. The molecular formula is C22H19BrClNO4. The summed E-state index contributed by atoms with van der Waals surface area (Å²) in [5.41, 5.74) is 0.325. The first-order valence-electron chi connectivity index (χ1n) is 9.44. The van der Waals surface area contributed by atoms with E-state index in [9.17, 15) is 14.7 Å². The van der Waals surface area contributed by atoms with Gasteiger partial charge >= 0.3 is 5.97 Å². The van der Waals surface area contributed by atoms with Gasteiger partial charge in [0.2, 0.25) is 0 Å². The summed E-state index contributed by atoms with van der Waals surface area (Å²) in [6.45, 7) is 0. The van der Waals surface area contributed by atoms with E-state index in [0.29, 0.717) is 34.8 Å². The zero-order valence-electron chi connectivity index (χ0n) is 15.5. The molecule has 1 amide bonds. The van der Waals surface area contributed by atoms with Gasteiger partial charge in [0.05, 0.1) is 10.0 Å². The Morgan fingerprint density at radius 2 is 1.76 bits per heavy atom. The van der Waals surface area contributed by atoms with E-state index in [1.165, 1.54) is 0 Å². The van der Waals surface area contributed by atoms with Crippen molar-refractivity contribution >= 4 is 50.4 Å². The fourth-order valence-electron chi connectivity index (χ4n) is 3.89. The number of furan rings is 1. The predicted molar refractivity (Wildman–Crippen MR) is 115 cm³/mol. The van der Waals surface area contributed by atoms with Crippen LogP contribution < -0.4 is 5.32 Å². The number of fused-ring (bicyclic) bond motifs is 1. The maximum absolute atomic E-state index is 13.1. The summed E-state index contributed by atoms with van der Waals surface area (Å²) in [5, 5.41) is 13.9. The number of aliphatic carboxylic acids is 1. The number of hydrogen-bond donors (Lipinski definition) is 2. The molecule has 1 aliphatic carbocycles. The van der Waals surface area contributed by atoms with Gasteiger partial charge in [0, 0.05) is 16.0 Å². The number of amides is 1. The molecule has 29 heavy (non-hydrogen) atoms. The van der Waals surface area contributed by atoms with Crippen LogP contribution in [0.2, 0.25) is 5.02 Å². The van der Waals surface area contributed by atoms with E-state index in [4.69, 9.17) is 16.0 Å². The molecule has 1 heterocycles. The van der Waals surface area contributed by atoms with Gasteiger partial charge in [-0.05, 0) is 65.2 Å². The monoisotopic (exact) mass is 475 g/mol. The lowest BCUT2D eigenvalue weighted by Gasteiger charge is -2.33. The van der Waals surface area contributed by atoms with E-state index in [1.54, 1.807) is 24.3 Å². The van der Waals surface area contributed by atoms with Gasteiger partial charge in [0.15, 0.2) is 0 Å². The summed E-state index contributed by atoms with van der Waals surface area (Å²) < 4.78 is 6.79. The molecule has 3 aromatic rings. The largest absolute Gasteiger partial charge is 0.480 e. The van der Waals surface area contributed by atoms with Crippen LogP contribution in [0.3, 0.4) is 0 Å². The Balaban J connectivity index is 1.74. The Kier molecular flexibility index (Phi) is 5.40. The van der Waals surface area contributed by atoms with E-state index in [0.717, 1.165) is 34.7 Å². The summed E-state index contributed by atoms with van der Waals surface area (Å²) in [5.74, 6) is -0.841. The van der Waals surface area contributed by atoms with E-state index < -0.39 is 17.4 Å². The van der Waals surface area contributed by atoms with Crippen LogP contribution in [0.5, 0.6) is 0 Å². The third-order valence-corrected chi connectivity index (χ3v) is 6.51. The molecule has 1 fully saturated rings. The van der Waals surface area contributed by atoms with Crippen LogP contribution in [-0.4, -0.2) is 22.5 Å². The minimum Gasteiger partial charge on any atom is -0.480 e. The second-order valence-corrected chi connectivity index (χ2v) is 8.57. The van der Waals surface area contributed by atoms with Crippen molar-refractivity contribution in [1.82, 2.24) is 5.32 Å². The minimum atomic E-state index is -1.22. The normalized spacial score (nSPS) is 15.9. The number of carboxylic acid groups (broad SMARTS) is 1. The van der Waals surface area contributed by atoms with Crippen molar-refractivity contribution < 1.29 is 19.1 Å². The second kappa shape index (κ2) is 7.84. The van der Waals surface area contributed by atoms with E-state index in [1.807, 2.05) is 18.2 Å². The van der Waals surface area contributed by atoms with Crippen LogP contribution in [0.4, 0.5) is 0 Å². The summed E-state index contributed by atoms with van der Waals surface area (Å²) in [7, 11) is 0. The van der Waals surface area contributed by atoms with E-state index in [2.05, 4.69) is 21.2 Å². The number of halogens is 2. The molecule has 0 aliphatic heterocycles. The zero-order chi connectivity index (χ0) is 20.6. The van der Waals surface area contributed by atoms with Crippen LogP contribution in [0.1, 0.15) is 42.5 Å². The number of para-hydroxylation sites is 1. The molecule has 0 bridgehead atoms. The van der Waals surface area contributed by atoms with E-state index in [-0.39, 0.29) is 0 Å². The third kappa shape index (κ3) is 3.67. The fraction of sp³-hybridized carbons (Fsp3) is 0.273. The number of hydrogen-bond acceptors (Lipinski definition) is 3. The highest BCUT2D eigenvalue weighted by Crippen LogP contribution is 2.39. The van der Waals surface area contributed by atoms with Crippen molar-refractivity contribution in [3.63, 3.8) is 0 Å². The van der Waals surface area contributed by atoms with Gasteiger partial charge in [-0.2, -0.15) is 0 Å². The average molecular weight is 477 g/mol. The lowest BCUT2D eigenvalue weighted by atomic mass is 9.81. The molecule has 0 atom stereocenters. The molecule has 2 aromatic carbocycles. The van der Waals surface area contributed by atoms with Crippen molar-refractivity contribution in [2.75, 3.05) is 0 Å². The Morgan fingerprint density at radius 1 is 1.07 bits per heavy atom. The van der Waals surface area contributed by atoms with Crippen LogP contribution in [0, 0.1) is 0 Å². The van der Waals surface area contributed by atoms with Gasteiger partial charge in [0.1, 0.15) is 16.9 Å². The average Bonchev–Trinajstić information content (AvgIpc) is 3.06. The number of benzene rings is 2. The number of carbonyl (C=O) groups excluding carboxylic acids is 1. The van der Waals surface area contributed by atoms with Gasteiger partial charge in [-0.1, -0.05) is 36.9 Å². The number of carbonyl (C=O) groups is 2. The van der Waals surface area contributed by atoms with Gasteiger partial charge in [-0.3, -0.25) is 4.79 Å². The molecular weight excluding hydrogens is 458 g/mol. The standard InChI is InChI=1S/C22H19BrClNO4/c23-17-15-5-4-6-16(19(15)29-18(17)13-7-9-14(24)10-8-13)20(26)25-22(21(27)28)11-2-1-3-12-22/h4-10H,1-3,11-12H2,(H,25,26)(H,27,28). The van der Waals surface area contributed by atoms with Crippen LogP contribution in [-0.2, 0) is 4.79 Å². The lowest BCUT2D eigenvalue weighted by molar-refractivity contribution is -0.145. The molecule has 1 saturated carbocycles. The fourth-order valence-corrected chi connectivity index (χ4v) is 4.64. The smallest absolute Gasteiger partial charge is 0.329 e. The highest BCUT2D eigenvalue weighted by atomic mass is 79.9. The first kappa shape index (κ1) is 20.0. The SMILES string of the molecule is O=C(NC1(C(=O)O)CCCCC1)c1cccc2c(Br)c(-c3ccc(Cl)cc3)oc12. The lowest BCUT2D eigenvalue weighted by Crippen LogP contribution is -2.55. The summed E-state index contributed by atoms with van der Waals surface area (Å²) in [4.78, 5) is 25.0. The van der Waals surface area contributed by atoms with Crippen molar-refractivity contribution in [2.45, 2.75) is 37.6 Å². The highest BCUT2D eigenvalue weighted by molar-refractivity contribution is 9.10. The Bertz CT molecular complexity index is 1080. The first-order chi connectivity index (χ1) is 13.9. The second-order valence-electron chi connectivity index (χ2n) is 7.34. The predicted octanol–water partition coefficient (Wildman–Crippen LogP) is 6.03. The molecule has 0 radical (unpaired) electrons. The maximum atomic E-state index is 13.1. The van der Waals surface area contributed by atoms with Crippen LogP contribution >= 0.6 is 27.5 Å².